The second kappa shape index (κ2) is 7.57. The van der Waals surface area contributed by atoms with Gasteiger partial charge in [0.15, 0.2) is 0 Å². The molecule has 0 aromatic carbocycles. The van der Waals surface area contributed by atoms with Gasteiger partial charge in [-0.05, 0) is 37.9 Å². The molecule has 5 nitrogen and oxygen atoms in total. The van der Waals surface area contributed by atoms with Crippen LogP contribution >= 0.6 is 12.2 Å². The number of hydrogen-bond donors (Lipinski definition) is 2. The molecule has 20 heavy (non-hydrogen) atoms. The predicted octanol–water partition coefficient (Wildman–Crippen LogP) is 3.30. The number of nitrogens with zero attached hydrogens (tertiary/aromatic N) is 1. The second-order valence-corrected chi connectivity index (χ2v) is 5.88. The predicted molar refractivity (Wildman–Crippen MR) is 78.8 cm³/mol. The maximum Gasteiger partial charge on any atom is 0.309 e. The summed E-state index contributed by atoms with van der Waals surface area (Å²) in [5.41, 5.74) is 0. The van der Waals surface area contributed by atoms with Gasteiger partial charge in [-0.3, -0.25) is 15.0 Å². The van der Waals surface area contributed by atoms with Crippen LogP contribution in [0.2, 0.25) is 0 Å². The van der Waals surface area contributed by atoms with Gasteiger partial charge in [0.05, 0.1) is 5.92 Å². The van der Waals surface area contributed by atoms with Crippen LogP contribution < -0.4 is 0 Å². The topological polar surface area (TPSA) is 70.8 Å². The number of cyclic esters (lactones) is 1. The molecular weight excluding hydrogens is 274 g/mol. The normalized spacial score (nSPS) is 22.1. The molecule has 0 bridgehead atoms. The van der Waals surface area contributed by atoms with E-state index in [0.29, 0.717) is 4.77 Å². The van der Waals surface area contributed by atoms with Gasteiger partial charge in [-0.15, -0.1) is 0 Å². The number of aromatic nitrogens is 3. The lowest BCUT2D eigenvalue weighted by molar-refractivity contribution is -0.144. The standard InChI is InChI=1S/C14H23N3O2S/c1-2-3-4-5-6-11-9-10(13(18)19-11)7-8-12-15-14(20)17-16-12/h10-11H,2-9H2,1H3,(H2,15,16,17,20)/t10-,11-/m0/s1. The summed E-state index contributed by atoms with van der Waals surface area (Å²) in [4.78, 5) is 16.0. The molecule has 1 aliphatic heterocycles. The monoisotopic (exact) mass is 297 g/mol. The summed E-state index contributed by atoms with van der Waals surface area (Å²) >= 11 is 4.90. The minimum Gasteiger partial charge on any atom is -0.462 e. The lowest BCUT2D eigenvalue weighted by Gasteiger charge is -2.07. The van der Waals surface area contributed by atoms with Gasteiger partial charge >= 0.3 is 5.97 Å². The maximum absolute atomic E-state index is 11.8. The van der Waals surface area contributed by atoms with Gasteiger partial charge < -0.3 is 4.74 Å². The van der Waals surface area contributed by atoms with Crippen molar-refractivity contribution >= 4 is 18.2 Å². The van der Waals surface area contributed by atoms with Crippen LogP contribution in [0.4, 0.5) is 0 Å². The summed E-state index contributed by atoms with van der Waals surface area (Å²) in [6, 6.07) is 0. The minimum atomic E-state index is -0.0420. The van der Waals surface area contributed by atoms with Crippen molar-refractivity contribution in [2.45, 2.75) is 64.4 Å². The Kier molecular flexibility index (Phi) is 5.76. The molecule has 2 heterocycles. The van der Waals surface area contributed by atoms with Crippen LogP contribution in [-0.2, 0) is 16.0 Å². The number of rotatable bonds is 8. The third-order valence-corrected chi connectivity index (χ3v) is 4.02. The molecular formula is C14H23N3O2S. The van der Waals surface area contributed by atoms with Gasteiger partial charge in [0.25, 0.3) is 0 Å². The first kappa shape index (κ1) is 15.2. The molecule has 2 rings (SSSR count). The smallest absolute Gasteiger partial charge is 0.309 e. The number of carbonyl (C=O) groups is 1. The molecule has 112 valence electrons. The van der Waals surface area contributed by atoms with Crippen molar-refractivity contribution in [3.05, 3.63) is 10.6 Å². The number of nitrogens with one attached hydrogen (secondary N) is 2. The van der Waals surface area contributed by atoms with Crippen LogP contribution in [0.15, 0.2) is 0 Å². The number of aromatic amines is 2. The summed E-state index contributed by atoms with van der Waals surface area (Å²) in [6.07, 6.45) is 8.39. The van der Waals surface area contributed by atoms with Crippen molar-refractivity contribution in [2.24, 2.45) is 5.92 Å². The Morgan fingerprint density at radius 2 is 2.15 bits per heavy atom. The number of carbonyl (C=O) groups excluding carboxylic acids is 1. The van der Waals surface area contributed by atoms with E-state index in [0.717, 1.165) is 37.9 Å². The van der Waals surface area contributed by atoms with Gasteiger partial charge in [-0.25, -0.2) is 4.98 Å². The first-order chi connectivity index (χ1) is 9.69. The summed E-state index contributed by atoms with van der Waals surface area (Å²) < 4.78 is 5.91. The van der Waals surface area contributed by atoms with Crippen LogP contribution in [-0.4, -0.2) is 27.3 Å². The second-order valence-electron chi connectivity index (χ2n) is 5.49. The molecule has 0 saturated carbocycles. The first-order valence-corrected chi connectivity index (χ1v) is 7.94. The molecule has 0 aliphatic carbocycles. The van der Waals surface area contributed by atoms with E-state index in [1.807, 2.05) is 0 Å². The lowest BCUT2D eigenvalue weighted by atomic mass is 9.97. The van der Waals surface area contributed by atoms with Crippen molar-refractivity contribution in [3.63, 3.8) is 0 Å². The molecule has 6 heteroatoms. The van der Waals surface area contributed by atoms with Crippen molar-refractivity contribution in [2.75, 3.05) is 0 Å². The van der Waals surface area contributed by atoms with Crippen LogP contribution in [0.3, 0.4) is 0 Å². The third kappa shape index (κ3) is 4.44. The Hall–Kier alpha value is -1.17. The molecule has 1 aromatic heterocycles. The highest BCUT2D eigenvalue weighted by molar-refractivity contribution is 7.71. The fourth-order valence-corrected chi connectivity index (χ4v) is 2.83. The highest BCUT2D eigenvalue weighted by Gasteiger charge is 2.33. The largest absolute Gasteiger partial charge is 0.462 e. The zero-order chi connectivity index (χ0) is 14.4. The van der Waals surface area contributed by atoms with Gasteiger partial charge in [0, 0.05) is 6.42 Å². The number of aryl methyl sites for hydroxylation is 1. The zero-order valence-corrected chi connectivity index (χ0v) is 12.8. The van der Waals surface area contributed by atoms with Crippen molar-refractivity contribution in [1.29, 1.82) is 0 Å². The highest BCUT2D eigenvalue weighted by atomic mass is 32.1. The van der Waals surface area contributed by atoms with Crippen LogP contribution in [0.1, 0.15) is 57.7 Å². The SMILES string of the molecule is CCCCCC[C@H]1C[C@H](CCc2nc(=S)[nH][nH]2)C(=O)O1. The number of esters is 1. The molecule has 1 aromatic rings. The zero-order valence-electron chi connectivity index (χ0n) is 12.0. The van der Waals surface area contributed by atoms with E-state index in [-0.39, 0.29) is 18.0 Å². The van der Waals surface area contributed by atoms with E-state index in [1.54, 1.807) is 0 Å². The first-order valence-electron chi connectivity index (χ1n) is 7.53. The van der Waals surface area contributed by atoms with E-state index in [2.05, 4.69) is 22.1 Å². The fraction of sp³-hybridized carbons (Fsp3) is 0.786. The summed E-state index contributed by atoms with van der Waals surface area (Å²) in [5, 5.41) is 5.68. The molecule has 1 saturated heterocycles. The Morgan fingerprint density at radius 3 is 2.85 bits per heavy atom. The minimum absolute atomic E-state index is 0.0184. The molecule has 1 fully saturated rings. The van der Waals surface area contributed by atoms with Crippen molar-refractivity contribution in [1.82, 2.24) is 15.2 Å². The van der Waals surface area contributed by atoms with Crippen LogP contribution in [0.25, 0.3) is 0 Å². The van der Waals surface area contributed by atoms with E-state index in [1.165, 1.54) is 19.3 Å². The van der Waals surface area contributed by atoms with Gasteiger partial charge in [0.2, 0.25) is 4.77 Å². The van der Waals surface area contributed by atoms with E-state index < -0.39 is 0 Å². The van der Waals surface area contributed by atoms with E-state index >= 15 is 0 Å². The number of ether oxygens (including phenoxy) is 1. The molecule has 1 aliphatic rings. The number of H-pyrrole nitrogens is 2. The molecule has 0 radical (unpaired) electrons. The molecule has 0 unspecified atom stereocenters. The Labute approximate surface area is 124 Å². The molecule has 0 spiro atoms. The quantitative estimate of drug-likeness (QED) is 0.439. The summed E-state index contributed by atoms with van der Waals surface area (Å²) in [6.45, 7) is 2.20. The Balaban J connectivity index is 1.70. The lowest BCUT2D eigenvalue weighted by Crippen LogP contribution is -2.09. The summed E-state index contributed by atoms with van der Waals surface area (Å²) in [7, 11) is 0. The Morgan fingerprint density at radius 1 is 1.30 bits per heavy atom. The van der Waals surface area contributed by atoms with E-state index in [4.69, 9.17) is 17.0 Å². The maximum atomic E-state index is 11.8. The summed E-state index contributed by atoms with van der Waals surface area (Å²) in [5.74, 6) is 0.790. The average molecular weight is 297 g/mol. The third-order valence-electron chi connectivity index (χ3n) is 3.82. The van der Waals surface area contributed by atoms with Crippen molar-refractivity contribution in [3.8, 4) is 0 Å². The van der Waals surface area contributed by atoms with Gasteiger partial charge in [0.1, 0.15) is 11.9 Å². The van der Waals surface area contributed by atoms with Crippen LogP contribution in [0.5, 0.6) is 0 Å². The molecule has 2 N–H and O–H groups in total. The highest BCUT2D eigenvalue weighted by Crippen LogP contribution is 2.28. The number of unbranched alkanes of at least 4 members (excludes halogenated alkanes) is 3. The van der Waals surface area contributed by atoms with Crippen LogP contribution in [0, 0.1) is 10.7 Å². The van der Waals surface area contributed by atoms with Gasteiger partial charge in [-0.2, -0.15) is 0 Å². The fourth-order valence-electron chi connectivity index (χ4n) is 2.67. The number of hydrogen-bond acceptors (Lipinski definition) is 4. The molecule has 0 amide bonds. The Bertz CT molecular complexity index is 483. The van der Waals surface area contributed by atoms with E-state index in [9.17, 15) is 4.79 Å². The molecule has 2 atom stereocenters. The van der Waals surface area contributed by atoms with Crippen molar-refractivity contribution < 1.29 is 9.53 Å². The van der Waals surface area contributed by atoms with Gasteiger partial charge in [-0.1, -0.05) is 26.2 Å². The average Bonchev–Trinajstić information content (AvgIpc) is 2.99.